The van der Waals surface area contributed by atoms with E-state index in [1.54, 1.807) is 13.0 Å². The molecule has 6 nitrogen and oxygen atoms in total. The lowest BCUT2D eigenvalue weighted by Gasteiger charge is -2.50. The maximum atomic E-state index is 14.0. The quantitative estimate of drug-likeness (QED) is 0.0946. The largest absolute Gasteiger partial charge is 0.458 e. The van der Waals surface area contributed by atoms with Crippen molar-refractivity contribution in [3.63, 3.8) is 0 Å². The van der Waals surface area contributed by atoms with Crippen LogP contribution in [-0.4, -0.2) is 45.4 Å². The standard InChI is InChI=1S/C49H49F3O6/c1-31-26-40-45(55,43(31)54)29-34(30-57-48(35-14-8-5-9-15-35,36-16-10-6-11-17-36)37-18-12-7-13-19-37)27-39-42-44(3,4)46(42,28-32(2)47(39,40)56)58-41(53)25-22-33-20-23-38(24-21-33)49(50,51)52/h5-21,23-24,26-27,32,39-40,42,55-56H,22,25,28-30H2,1-4H3/t32-,39+,40-,42-,45-,46+,47-/m1/s1. The van der Waals surface area contributed by atoms with Crippen molar-refractivity contribution < 1.29 is 42.4 Å². The first kappa shape index (κ1) is 40.0. The van der Waals surface area contributed by atoms with Crippen LogP contribution in [0.1, 0.15) is 74.8 Å². The Morgan fingerprint density at radius 2 is 1.33 bits per heavy atom. The summed E-state index contributed by atoms with van der Waals surface area (Å²) in [4.78, 5) is 27.7. The molecule has 4 aliphatic carbocycles. The van der Waals surface area contributed by atoms with E-state index in [1.807, 2.05) is 118 Å². The van der Waals surface area contributed by atoms with Crippen LogP contribution in [0.15, 0.2) is 139 Å². The van der Waals surface area contributed by atoms with Gasteiger partial charge in [0.2, 0.25) is 0 Å². The third kappa shape index (κ3) is 6.20. The van der Waals surface area contributed by atoms with E-state index in [4.69, 9.17) is 9.47 Å². The average molecular weight is 791 g/mol. The van der Waals surface area contributed by atoms with Crippen molar-refractivity contribution in [1.29, 1.82) is 0 Å². The maximum Gasteiger partial charge on any atom is 0.416 e. The maximum absolute atomic E-state index is 14.0. The molecule has 4 aromatic rings. The number of benzene rings is 4. The van der Waals surface area contributed by atoms with Gasteiger partial charge in [0.05, 0.1) is 17.8 Å². The lowest BCUT2D eigenvalue weighted by atomic mass is 9.60. The van der Waals surface area contributed by atoms with Gasteiger partial charge in [0.25, 0.3) is 0 Å². The van der Waals surface area contributed by atoms with Gasteiger partial charge in [0, 0.05) is 36.0 Å². The fraction of sp³-hybridized carbons (Fsp3) is 0.388. The Hall–Kier alpha value is -4.83. The fourth-order valence-corrected chi connectivity index (χ4v) is 10.9. The van der Waals surface area contributed by atoms with Crippen LogP contribution in [0.2, 0.25) is 0 Å². The molecule has 4 aromatic carbocycles. The topological polar surface area (TPSA) is 93.1 Å². The molecule has 2 fully saturated rings. The predicted octanol–water partition coefficient (Wildman–Crippen LogP) is 9.18. The zero-order chi connectivity index (χ0) is 41.3. The summed E-state index contributed by atoms with van der Waals surface area (Å²) in [5, 5.41) is 25.7. The van der Waals surface area contributed by atoms with Crippen LogP contribution < -0.4 is 0 Å². The first-order valence-electron chi connectivity index (χ1n) is 20.0. The first-order chi connectivity index (χ1) is 27.5. The Morgan fingerprint density at radius 1 is 0.793 bits per heavy atom. The summed E-state index contributed by atoms with van der Waals surface area (Å²) in [6, 6.07) is 34.5. The molecule has 0 unspecified atom stereocenters. The summed E-state index contributed by atoms with van der Waals surface area (Å²) in [5.74, 6) is -3.35. The number of esters is 1. The summed E-state index contributed by atoms with van der Waals surface area (Å²) in [6.07, 6.45) is -0.328. The minimum Gasteiger partial charge on any atom is -0.458 e. The lowest BCUT2D eigenvalue weighted by molar-refractivity contribution is -0.187. The zero-order valence-corrected chi connectivity index (χ0v) is 33.1. The number of hydrogen-bond acceptors (Lipinski definition) is 6. The highest BCUT2D eigenvalue weighted by Crippen LogP contribution is 2.76. The van der Waals surface area contributed by atoms with Gasteiger partial charge in [-0.1, -0.05) is 136 Å². The summed E-state index contributed by atoms with van der Waals surface area (Å²) < 4.78 is 53.1. The number of aryl methyl sites for hydroxylation is 1. The van der Waals surface area contributed by atoms with Crippen LogP contribution in [0, 0.1) is 29.1 Å². The molecule has 2 N–H and O–H groups in total. The van der Waals surface area contributed by atoms with Gasteiger partial charge in [-0.15, -0.1) is 0 Å². The van der Waals surface area contributed by atoms with Gasteiger partial charge < -0.3 is 19.7 Å². The van der Waals surface area contributed by atoms with Crippen molar-refractivity contribution in [2.24, 2.45) is 29.1 Å². The van der Waals surface area contributed by atoms with E-state index < -0.39 is 69.1 Å². The van der Waals surface area contributed by atoms with Gasteiger partial charge in [-0.2, -0.15) is 13.2 Å². The van der Waals surface area contributed by atoms with E-state index in [0.717, 1.165) is 28.8 Å². The highest BCUT2D eigenvalue weighted by atomic mass is 19.4. The molecule has 0 amide bonds. The Morgan fingerprint density at radius 3 is 1.84 bits per heavy atom. The molecule has 9 heteroatoms. The number of ether oxygens (including phenoxy) is 2. The minimum absolute atomic E-state index is 0.00800. The van der Waals surface area contributed by atoms with Crippen LogP contribution >= 0.6 is 0 Å². The number of rotatable bonds is 10. The summed E-state index contributed by atoms with van der Waals surface area (Å²) in [7, 11) is 0. The van der Waals surface area contributed by atoms with E-state index in [1.165, 1.54) is 12.1 Å². The number of carbonyl (C=O) groups is 2. The molecule has 302 valence electrons. The summed E-state index contributed by atoms with van der Waals surface area (Å²) in [5.41, 5.74) is -2.62. The second kappa shape index (κ2) is 14.2. The number of halogens is 3. The molecule has 2 saturated carbocycles. The van der Waals surface area contributed by atoms with Gasteiger partial charge in [0.1, 0.15) is 16.8 Å². The van der Waals surface area contributed by atoms with E-state index in [0.29, 0.717) is 23.1 Å². The Kier molecular flexibility index (Phi) is 9.77. The summed E-state index contributed by atoms with van der Waals surface area (Å²) >= 11 is 0. The SMILES string of the molecule is CC1=C[C@H]2[C@@]3(O)[C@H](C)C[C@]4(OC(=O)CCc5ccc(C(F)(F)F)cc5)[C@H]([C@@H]3C=C(COC(c3ccccc3)(c3ccccc3)c3ccccc3)C[C@]2(O)C1=O)C4(C)C. The molecule has 4 aliphatic rings. The highest BCUT2D eigenvalue weighted by molar-refractivity contribution is 6.04. The van der Waals surface area contributed by atoms with Crippen molar-refractivity contribution >= 4 is 11.8 Å². The molecule has 0 saturated heterocycles. The number of alkyl halides is 3. The van der Waals surface area contributed by atoms with Gasteiger partial charge in [-0.25, -0.2) is 0 Å². The van der Waals surface area contributed by atoms with Gasteiger partial charge in [-0.05, 0) is 71.2 Å². The van der Waals surface area contributed by atoms with E-state index in [2.05, 4.69) is 0 Å². The van der Waals surface area contributed by atoms with Crippen LogP contribution in [0.25, 0.3) is 0 Å². The normalized spacial score (nSPS) is 29.9. The second-order valence-corrected chi connectivity index (χ2v) is 17.4. The number of fused-ring (bicyclic) bond motifs is 5. The van der Waals surface area contributed by atoms with Crippen LogP contribution in [0.4, 0.5) is 13.2 Å². The van der Waals surface area contributed by atoms with E-state index >= 15 is 0 Å². The molecular formula is C49H49F3O6. The van der Waals surface area contributed by atoms with E-state index in [-0.39, 0.29) is 31.8 Å². The van der Waals surface area contributed by atoms with Crippen molar-refractivity contribution in [2.45, 2.75) is 82.0 Å². The van der Waals surface area contributed by atoms with Crippen LogP contribution in [0.3, 0.4) is 0 Å². The Labute approximate surface area is 337 Å². The predicted molar refractivity (Wildman–Crippen MR) is 213 cm³/mol. The molecule has 7 atom stereocenters. The summed E-state index contributed by atoms with van der Waals surface area (Å²) in [6.45, 7) is 7.62. The van der Waals surface area contributed by atoms with Crippen molar-refractivity contribution in [3.05, 3.63) is 166 Å². The number of Topliss-reactive ketones (excluding diaryl/α,β-unsaturated/α-hetero) is 1. The average Bonchev–Trinajstić information content (AvgIpc) is 3.61. The second-order valence-electron chi connectivity index (χ2n) is 17.4. The molecule has 0 bridgehead atoms. The molecule has 0 radical (unpaired) electrons. The van der Waals surface area contributed by atoms with Crippen LogP contribution in [0.5, 0.6) is 0 Å². The fourth-order valence-electron chi connectivity index (χ4n) is 10.9. The highest BCUT2D eigenvalue weighted by Gasteiger charge is 2.83. The van der Waals surface area contributed by atoms with Gasteiger partial charge >= 0.3 is 12.1 Å². The number of carbonyl (C=O) groups excluding carboxylic acids is 2. The molecule has 8 rings (SSSR count). The molecule has 0 aromatic heterocycles. The number of ketones is 1. The molecule has 58 heavy (non-hydrogen) atoms. The third-order valence-corrected chi connectivity index (χ3v) is 13.9. The molecule has 0 heterocycles. The van der Waals surface area contributed by atoms with Gasteiger partial charge in [0.15, 0.2) is 5.78 Å². The third-order valence-electron chi connectivity index (χ3n) is 13.9. The van der Waals surface area contributed by atoms with Crippen LogP contribution in [-0.2, 0) is 37.3 Å². The lowest BCUT2D eigenvalue weighted by Crippen LogP contribution is -2.61. The van der Waals surface area contributed by atoms with Crippen molar-refractivity contribution in [3.8, 4) is 0 Å². The van der Waals surface area contributed by atoms with E-state index in [9.17, 15) is 33.0 Å². The zero-order valence-electron chi connectivity index (χ0n) is 33.1. The molecule has 0 spiro atoms. The number of hydrogen-bond donors (Lipinski definition) is 2. The smallest absolute Gasteiger partial charge is 0.416 e. The minimum atomic E-state index is -4.45. The number of aliphatic hydroxyl groups is 2. The molecule has 0 aliphatic heterocycles. The Bertz CT molecular complexity index is 2150. The monoisotopic (exact) mass is 790 g/mol. The molecular weight excluding hydrogens is 742 g/mol. The Balaban J connectivity index is 1.16. The first-order valence-corrected chi connectivity index (χ1v) is 20.0. The van der Waals surface area contributed by atoms with Gasteiger partial charge in [-0.3, -0.25) is 9.59 Å². The van der Waals surface area contributed by atoms with Crippen molar-refractivity contribution in [1.82, 2.24) is 0 Å². The van der Waals surface area contributed by atoms with Crippen molar-refractivity contribution in [2.75, 3.05) is 6.61 Å².